The zero-order valence-electron chi connectivity index (χ0n) is 20.5. The zero-order chi connectivity index (χ0) is 26.9. The molecule has 2 heterocycles. The first-order valence-corrected chi connectivity index (χ1v) is 13.2. The number of aryl methyl sites for hydroxylation is 1. The lowest BCUT2D eigenvalue weighted by Crippen LogP contribution is -2.27. The van der Waals surface area contributed by atoms with Gasteiger partial charge in [0.05, 0.1) is 28.7 Å². The number of pyridine rings is 1. The molecule has 2 aromatic heterocycles. The first kappa shape index (κ1) is 26.1. The van der Waals surface area contributed by atoms with E-state index >= 15 is 0 Å². The van der Waals surface area contributed by atoms with E-state index in [1.165, 1.54) is 12.3 Å². The van der Waals surface area contributed by atoms with Crippen LogP contribution in [-0.4, -0.2) is 21.4 Å². The predicted octanol–water partition coefficient (Wildman–Crippen LogP) is 5.19. The number of amides is 1. The van der Waals surface area contributed by atoms with Crippen LogP contribution in [0.3, 0.4) is 0 Å². The van der Waals surface area contributed by atoms with Gasteiger partial charge in [-0.1, -0.05) is 29.8 Å². The lowest BCUT2D eigenvalue weighted by molar-refractivity contribution is 0.0979. The molecule has 4 aromatic rings. The summed E-state index contributed by atoms with van der Waals surface area (Å²) in [4.78, 5) is 30.1. The van der Waals surface area contributed by atoms with Crippen molar-refractivity contribution in [2.45, 2.75) is 26.8 Å². The number of fused-ring (bicyclic) bond motifs is 1. The van der Waals surface area contributed by atoms with Crippen molar-refractivity contribution >= 4 is 45.2 Å². The van der Waals surface area contributed by atoms with Crippen LogP contribution in [0.5, 0.6) is 0 Å². The average Bonchev–Trinajstić information content (AvgIpc) is 2.86. The fourth-order valence-electron chi connectivity index (χ4n) is 4.11. The number of hydrogen-bond acceptors (Lipinski definition) is 7. The molecule has 10 heteroatoms. The molecule has 1 amide bonds. The van der Waals surface area contributed by atoms with Gasteiger partial charge in [0.25, 0.3) is 5.91 Å². The van der Waals surface area contributed by atoms with Gasteiger partial charge in [0, 0.05) is 22.9 Å². The molecule has 0 radical (unpaired) electrons. The van der Waals surface area contributed by atoms with Crippen molar-refractivity contribution in [1.29, 1.82) is 5.26 Å². The molecule has 0 aliphatic heterocycles. The van der Waals surface area contributed by atoms with E-state index in [2.05, 4.69) is 21.1 Å². The molecule has 1 unspecified atom stereocenters. The van der Waals surface area contributed by atoms with Crippen LogP contribution in [0.2, 0.25) is 5.15 Å². The van der Waals surface area contributed by atoms with E-state index in [9.17, 15) is 19.1 Å². The minimum atomic E-state index is -1.59. The Balaban J connectivity index is 1.85. The topological polar surface area (TPSA) is 125 Å². The summed E-state index contributed by atoms with van der Waals surface area (Å²) in [6, 6.07) is 15.4. The molecule has 2 atom stereocenters. The third kappa shape index (κ3) is 5.40. The minimum absolute atomic E-state index is 0.0159. The monoisotopic (exact) mass is 534 g/mol. The van der Waals surface area contributed by atoms with Gasteiger partial charge in [0.2, 0.25) is 0 Å². The quantitative estimate of drug-likeness (QED) is 0.326. The standard InChI is InChI=1S/C27H23ClN4O4S/c1-14-10-19(16(3)30-21-8-9-22(28)31-23(21)27(34)32-37(4)35)26-20(11-14)24(33)15(2)25(36-26)18-7-5-6-17(12-18)13-29/h5-12,16,30H,1-4H3,(H,32,34)/t16-,37?/m1/s1. The van der Waals surface area contributed by atoms with Crippen molar-refractivity contribution in [3.8, 4) is 17.4 Å². The van der Waals surface area contributed by atoms with E-state index in [4.69, 9.17) is 16.0 Å². The Labute approximate surface area is 220 Å². The lowest BCUT2D eigenvalue weighted by Gasteiger charge is -2.20. The summed E-state index contributed by atoms with van der Waals surface area (Å²) >= 11 is 6.01. The SMILES string of the molecule is Cc1cc([C@@H](C)Nc2ccc(Cl)nc2C(=O)NS(C)=O)c2oc(-c3cccc(C#N)c3)c(C)c(=O)c2c1. The molecule has 0 bridgehead atoms. The normalized spacial score (nSPS) is 12.5. The highest BCUT2D eigenvalue weighted by Crippen LogP contribution is 2.33. The van der Waals surface area contributed by atoms with Crippen LogP contribution in [0, 0.1) is 25.2 Å². The van der Waals surface area contributed by atoms with Crippen LogP contribution in [-0.2, 0) is 11.0 Å². The van der Waals surface area contributed by atoms with Crippen LogP contribution in [0.25, 0.3) is 22.3 Å². The number of nitriles is 1. The van der Waals surface area contributed by atoms with E-state index in [0.717, 1.165) is 5.56 Å². The Hall–Kier alpha value is -4.00. The molecule has 8 nitrogen and oxygen atoms in total. The molecular weight excluding hydrogens is 512 g/mol. The van der Waals surface area contributed by atoms with Crippen molar-refractivity contribution in [2.24, 2.45) is 0 Å². The number of nitrogens with one attached hydrogen (secondary N) is 2. The fourth-order valence-corrected chi connectivity index (χ4v) is 4.61. The number of anilines is 1. The number of nitrogens with zero attached hydrogens (tertiary/aromatic N) is 2. The molecule has 188 valence electrons. The first-order chi connectivity index (χ1) is 17.6. The van der Waals surface area contributed by atoms with Crippen LogP contribution < -0.4 is 15.5 Å². The van der Waals surface area contributed by atoms with Gasteiger partial charge >= 0.3 is 0 Å². The van der Waals surface area contributed by atoms with Crippen molar-refractivity contribution in [2.75, 3.05) is 11.6 Å². The van der Waals surface area contributed by atoms with Crippen molar-refractivity contribution in [3.63, 3.8) is 0 Å². The summed E-state index contributed by atoms with van der Waals surface area (Å²) in [5.74, 6) is -0.264. The van der Waals surface area contributed by atoms with Crippen LogP contribution in [0.1, 0.15) is 45.7 Å². The number of aromatic nitrogens is 1. The summed E-state index contributed by atoms with van der Waals surface area (Å²) in [6.07, 6.45) is 1.34. The largest absolute Gasteiger partial charge is 0.455 e. The summed E-state index contributed by atoms with van der Waals surface area (Å²) in [5.41, 5.74) is 3.62. The van der Waals surface area contributed by atoms with Crippen molar-refractivity contribution in [3.05, 3.63) is 91.9 Å². The van der Waals surface area contributed by atoms with Gasteiger partial charge in [-0.25, -0.2) is 9.19 Å². The van der Waals surface area contributed by atoms with E-state index in [-0.39, 0.29) is 16.3 Å². The zero-order valence-corrected chi connectivity index (χ0v) is 22.1. The van der Waals surface area contributed by atoms with Crippen LogP contribution in [0.4, 0.5) is 5.69 Å². The number of hydrogen-bond donors (Lipinski definition) is 2. The Morgan fingerprint density at radius 3 is 2.65 bits per heavy atom. The maximum absolute atomic E-state index is 13.4. The summed E-state index contributed by atoms with van der Waals surface area (Å²) in [7, 11) is -1.59. The molecular formula is C27H23ClN4O4S. The van der Waals surface area contributed by atoms with Gasteiger partial charge in [-0.3, -0.25) is 14.3 Å². The molecule has 0 aliphatic carbocycles. The lowest BCUT2D eigenvalue weighted by atomic mass is 9.98. The highest BCUT2D eigenvalue weighted by Gasteiger charge is 2.21. The second-order valence-corrected chi connectivity index (χ2v) is 10.1. The highest BCUT2D eigenvalue weighted by molar-refractivity contribution is 7.82. The molecule has 0 saturated heterocycles. The molecule has 0 aliphatic rings. The van der Waals surface area contributed by atoms with E-state index in [1.54, 1.807) is 43.3 Å². The summed E-state index contributed by atoms with van der Waals surface area (Å²) < 4.78 is 20.2. The van der Waals surface area contributed by atoms with Gasteiger partial charge in [0.15, 0.2) is 11.1 Å². The van der Waals surface area contributed by atoms with Gasteiger partial charge in [-0.15, -0.1) is 0 Å². The average molecular weight is 535 g/mol. The molecule has 0 spiro atoms. The smallest absolute Gasteiger partial charge is 0.283 e. The number of carbonyl (C=O) groups is 1. The third-order valence-electron chi connectivity index (χ3n) is 5.80. The fraction of sp³-hybridized carbons (Fsp3) is 0.185. The Morgan fingerprint density at radius 2 is 1.95 bits per heavy atom. The van der Waals surface area contributed by atoms with Gasteiger partial charge < -0.3 is 9.73 Å². The second-order valence-electron chi connectivity index (χ2n) is 8.59. The van der Waals surface area contributed by atoms with Gasteiger partial charge in [-0.2, -0.15) is 5.26 Å². The van der Waals surface area contributed by atoms with Gasteiger partial charge in [-0.05, 0) is 56.7 Å². The maximum Gasteiger partial charge on any atom is 0.283 e. The van der Waals surface area contributed by atoms with E-state index in [0.29, 0.717) is 44.7 Å². The molecule has 2 N–H and O–H groups in total. The summed E-state index contributed by atoms with van der Waals surface area (Å²) in [5, 5.41) is 13.1. The Bertz CT molecular complexity index is 1680. The van der Waals surface area contributed by atoms with Crippen molar-refractivity contribution < 1.29 is 13.4 Å². The van der Waals surface area contributed by atoms with Gasteiger partial charge in [0.1, 0.15) is 27.5 Å². The maximum atomic E-state index is 13.4. The summed E-state index contributed by atoms with van der Waals surface area (Å²) in [6.45, 7) is 5.44. The number of halogens is 1. The molecule has 0 fully saturated rings. The first-order valence-electron chi connectivity index (χ1n) is 11.2. The third-order valence-corrected chi connectivity index (χ3v) is 6.48. The minimum Gasteiger partial charge on any atom is -0.455 e. The molecule has 2 aromatic carbocycles. The molecule has 0 saturated carbocycles. The predicted molar refractivity (Wildman–Crippen MR) is 145 cm³/mol. The number of rotatable bonds is 6. The van der Waals surface area contributed by atoms with Crippen molar-refractivity contribution in [1.82, 2.24) is 9.71 Å². The van der Waals surface area contributed by atoms with Crippen LogP contribution in [0.15, 0.2) is 57.7 Å². The second kappa shape index (κ2) is 10.5. The van der Waals surface area contributed by atoms with Crippen LogP contribution >= 0.6 is 11.6 Å². The van der Waals surface area contributed by atoms with E-state index < -0.39 is 22.9 Å². The Morgan fingerprint density at radius 1 is 1.19 bits per heavy atom. The highest BCUT2D eigenvalue weighted by atomic mass is 35.5. The Kier molecular flexibility index (Phi) is 7.43. The van der Waals surface area contributed by atoms with E-state index in [1.807, 2.05) is 19.9 Å². The number of carbonyl (C=O) groups excluding carboxylic acids is 1. The molecule has 37 heavy (non-hydrogen) atoms. The molecule has 4 rings (SSSR count). The number of benzene rings is 2.